The first kappa shape index (κ1) is 5.65. The molecular weight excluding hydrogens is 127 g/mol. The van der Waals surface area contributed by atoms with Crippen molar-refractivity contribution in [3.05, 3.63) is 16.3 Å². The summed E-state index contributed by atoms with van der Waals surface area (Å²) in [4.78, 5) is 3.65. The van der Waals surface area contributed by atoms with Crippen LogP contribution in [0.2, 0.25) is 0 Å². The van der Waals surface area contributed by atoms with Crippen LogP contribution in [0.5, 0.6) is 0 Å². The molecule has 0 bridgehead atoms. The predicted octanol–water partition coefficient (Wildman–Crippen LogP) is 0.741. The Labute approximate surface area is 50.2 Å². The van der Waals surface area contributed by atoms with Gasteiger partial charge in [-0.1, -0.05) is 11.3 Å². The first-order valence-electron chi connectivity index (χ1n) is 2.13. The molecule has 0 aliphatic carbocycles. The van der Waals surface area contributed by atoms with Crippen LogP contribution >= 0.6 is 11.3 Å². The number of hydrogen-bond acceptors (Lipinski definition) is 3. The van der Waals surface area contributed by atoms with Crippen molar-refractivity contribution in [2.45, 2.75) is 6.54 Å². The Bertz CT molecular complexity index is 174. The van der Waals surface area contributed by atoms with Gasteiger partial charge in [-0.15, -0.1) is 0 Å². The van der Waals surface area contributed by atoms with Crippen molar-refractivity contribution in [2.24, 2.45) is 5.73 Å². The van der Waals surface area contributed by atoms with E-state index in [1.807, 2.05) is 0 Å². The van der Waals surface area contributed by atoms with Gasteiger partial charge in [0.05, 0.1) is 6.20 Å². The third-order valence-electron chi connectivity index (χ3n) is 0.700. The topological polar surface area (TPSA) is 38.9 Å². The van der Waals surface area contributed by atoms with Gasteiger partial charge in [0.2, 0.25) is 0 Å². The summed E-state index contributed by atoms with van der Waals surface area (Å²) >= 11 is 0.985. The maximum Gasteiger partial charge on any atom is 0.196 e. The number of aromatic nitrogens is 1. The number of thiazole rings is 1. The van der Waals surface area contributed by atoms with Crippen molar-refractivity contribution in [3.63, 3.8) is 0 Å². The Morgan fingerprint density at radius 2 is 2.62 bits per heavy atom. The molecule has 0 atom stereocenters. The lowest BCUT2D eigenvalue weighted by molar-refractivity contribution is 0.653. The van der Waals surface area contributed by atoms with E-state index >= 15 is 0 Å². The normalized spacial score (nSPS) is 9.75. The number of nitrogens with zero attached hydrogens (tertiary/aromatic N) is 1. The molecule has 1 heterocycles. The Morgan fingerprint density at radius 1 is 1.88 bits per heavy atom. The maximum absolute atomic E-state index is 12.0. The Balaban J connectivity index is 2.84. The van der Waals surface area contributed by atoms with E-state index in [0.29, 0.717) is 11.6 Å². The highest BCUT2D eigenvalue weighted by molar-refractivity contribution is 7.09. The lowest BCUT2D eigenvalue weighted by Crippen LogP contribution is -1.93. The van der Waals surface area contributed by atoms with E-state index < -0.39 is 0 Å². The molecule has 4 heteroatoms. The number of nitrogens with two attached hydrogens (primary N) is 1. The molecule has 0 saturated heterocycles. The Morgan fingerprint density at radius 3 is 2.88 bits per heavy atom. The summed E-state index contributed by atoms with van der Waals surface area (Å²) < 4.78 is 12.0. The van der Waals surface area contributed by atoms with Gasteiger partial charge in [-0.05, 0) is 0 Å². The van der Waals surface area contributed by atoms with Gasteiger partial charge in [-0.2, -0.15) is 4.39 Å². The molecule has 2 nitrogen and oxygen atoms in total. The van der Waals surface area contributed by atoms with Crippen LogP contribution in [0, 0.1) is 5.13 Å². The zero-order valence-electron chi connectivity index (χ0n) is 4.10. The van der Waals surface area contributed by atoms with E-state index in [9.17, 15) is 4.39 Å². The van der Waals surface area contributed by atoms with Crippen molar-refractivity contribution < 1.29 is 4.39 Å². The van der Waals surface area contributed by atoms with E-state index in [1.165, 1.54) is 6.20 Å². The Hall–Kier alpha value is -0.480. The zero-order valence-corrected chi connectivity index (χ0v) is 4.91. The van der Waals surface area contributed by atoms with E-state index in [0.717, 1.165) is 11.3 Å². The monoisotopic (exact) mass is 132 g/mol. The minimum Gasteiger partial charge on any atom is -0.325 e. The fraction of sp³-hybridized carbons (Fsp3) is 0.250. The SMILES string of the molecule is NCc1ncc(F)s1. The van der Waals surface area contributed by atoms with E-state index in [-0.39, 0.29) is 5.13 Å². The second-order valence-corrected chi connectivity index (χ2v) is 2.33. The van der Waals surface area contributed by atoms with Gasteiger partial charge < -0.3 is 5.73 Å². The number of halogens is 1. The van der Waals surface area contributed by atoms with Crippen molar-refractivity contribution >= 4 is 11.3 Å². The van der Waals surface area contributed by atoms with Crippen molar-refractivity contribution in [1.82, 2.24) is 4.98 Å². The van der Waals surface area contributed by atoms with Gasteiger partial charge in [0.1, 0.15) is 5.01 Å². The second-order valence-electron chi connectivity index (χ2n) is 1.26. The molecule has 0 aliphatic rings. The molecular formula is C4H5FN2S. The van der Waals surface area contributed by atoms with Gasteiger partial charge in [0.15, 0.2) is 5.13 Å². The molecule has 0 aliphatic heterocycles. The first-order chi connectivity index (χ1) is 3.83. The minimum absolute atomic E-state index is 0.273. The maximum atomic E-state index is 12.0. The predicted molar refractivity (Wildman–Crippen MR) is 30.0 cm³/mol. The zero-order chi connectivity index (χ0) is 5.98. The van der Waals surface area contributed by atoms with Crippen LogP contribution in [0.25, 0.3) is 0 Å². The largest absolute Gasteiger partial charge is 0.325 e. The quantitative estimate of drug-likeness (QED) is 0.612. The Kier molecular flexibility index (Phi) is 1.55. The van der Waals surface area contributed by atoms with Gasteiger partial charge in [-0.3, -0.25) is 0 Å². The van der Waals surface area contributed by atoms with E-state index in [4.69, 9.17) is 5.73 Å². The molecule has 0 spiro atoms. The third-order valence-corrected chi connectivity index (χ3v) is 1.51. The van der Waals surface area contributed by atoms with E-state index in [2.05, 4.69) is 4.98 Å². The summed E-state index contributed by atoms with van der Waals surface area (Å²) in [6.45, 7) is 0.328. The van der Waals surface area contributed by atoms with Crippen molar-refractivity contribution in [1.29, 1.82) is 0 Å². The summed E-state index contributed by atoms with van der Waals surface area (Å²) in [7, 11) is 0. The van der Waals surface area contributed by atoms with Gasteiger partial charge in [0, 0.05) is 6.54 Å². The summed E-state index contributed by atoms with van der Waals surface area (Å²) in [5.74, 6) is 0. The summed E-state index contributed by atoms with van der Waals surface area (Å²) in [6.07, 6.45) is 1.17. The van der Waals surface area contributed by atoms with Crippen molar-refractivity contribution in [3.8, 4) is 0 Å². The molecule has 0 fully saturated rings. The average Bonchev–Trinajstić information content (AvgIpc) is 2.14. The first-order valence-corrected chi connectivity index (χ1v) is 2.95. The number of hydrogen-bond donors (Lipinski definition) is 1. The van der Waals surface area contributed by atoms with Crippen LogP contribution < -0.4 is 5.73 Å². The minimum atomic E-state index is -0.273. The van der Waals surface area contributed by atoms with Crippen LogP contribution in [-0.4, -0.2) is 4.98 Å². The second kappa shape index (κ2) is 2.19. The van der Waals surface area contributed by atoms with E-state index in [1.54, 1.807) is 0 Å². The molecule has 0 unspecified atom stereocenters. The van der Waals surface area contributed by atoms with Gasteiger partial charge in [-0.25, -0.2) is 4.98 Å². The summed E-state index contributed by atoms with van der Waals surface area (Å²) in [6, 6.07) is 0. The highest BCUT2D eigenvalue weighted by Crippen LogP contribution is 2.08. The van der Waals surface area contributed by atoms with Crippen LogP contribution in [-0.2, 0) is 6.54 Å². The summed E-state index contributed by atoms with van der Waals surface area (Å²) in [5.41, 5.74) is 5.14. The smallest absolute Gasteiger partial charge is 0.196 e. The fourth-order valence-electron chi connectivity index (χ4n) is 0.382. The molecule has 1 aromatic rings. The molecule has 0 aromatic carbocycles. The van der Waals surface area contributed by atoms with Crippen LogP contribution in [0.1, 0.15) is 5.01 Å². The lowest BCUT2D eigenvalue weighted by atomic mass is 10.7. The fourth-order valence-corrected chi connectivity index (χ4v) is 0.902. The van der Waals surface area contributed by atoms with Crippen LogP contribution in [0.15, 0.2) is 6.20 Å². The highest BCUT2D eigenvalue weighted by Gasteiger charge is 1.95. The molecule has 2 N–H and O–H groups in total. The van der Waals surface area contributed by atoms with Gasteiger partial charge >= 0.3 is 0 Å². The molecule has 44 valence electrons. The number of rotatable bonds is 1. The average molecular weight is 132 g/mol. The molecule has 0 amide bonds. The van der Waals surface area contributed by atoms with Crippen LogP contribution in [0.3, 0.4) is 0 Å². The van der Waals surface area contributed by atoms with Gasteiger partial charge in [0.25, 0.3) is 0 Å². The van der Waals surface area contributed by atoms with Crippen molar-refractivity contribution in [2.75, 3.05) is 0 Å². The third kappa shape index (κ3) is 1.02. The standard InChI is InChI=1S/C4H5FN2S/c5-3-2-7-4(1-6)8-3/h2H,1,6H2. The molecule has 1 rings (SSSR count). The molecule has 8 heavy (non-hydrogen) atoms. The molecule has 0 radical (unpaired) electrons. The highest BCUT2D eigenvalue weighted by atomic mass is 32.1. The molecule has 1 aromatic heterocycles. The lowest BCUT2D eigenvalue weighted by Gasteiger charge is -1.78. The summed E-state index contributed by atoms with van der Waals surface area (Å²) in [5, 5.41) is 0.368. The van der Waals surface area contributed by atoms with Crippen LogP contribution in [0.4, 0.5) is 4.39 Å². The molecule has 0 saturated carbocycles.